The maximum Gasteiger partial charge on any atom is 0.313 e. The molecule has 0 bridgehead atoms. The molecule has 1 aromatic heterocycles. The topological polar surface area (TPSA) is 66.0 Å². The first-order chi connectivity index (χ1) is 8.63. The smallest absolute Gasteiger partial charge is 0.313 e. The molecule has 92 valence electrons. The third-order valence-corrected chi connectivity index (χ3v) is 4.13. The van der Waals surface area contributed by atoms with Crippen LogP contribution in [0, 0.1) is 0 Å². The van der Waals surface area contributed by atoms with Gasteiger partial charge in [0.25, 0.3) is 0 Å². The zero-order chi connectivity index (χ0) is 12.7. The lowest BCUT2D eigenvalue weighted by Crippen LogP contribution is -1.98. The summed E-state index contributed by atoms with van der Waals surface area (Å²) in [6.45, 7) is 0. The zero-order valence-corrected chi connectivity index (χ0v) is 11.6. The van der Waals surface area contributed by atoms with Gasteiger partial charge in [-0.1, -0.05) is 33.8 Å². The number of carbonyl (C=O) groups is 1. The van der Waals surface area contributed by atoms with E-state index in [1.165, 1.54) is 17.3 Å². The maximum absolute atomic E-state index is 10.5. The summed E-state index contributed by atoms with van der Waals surface area (Å²) in [7, 11) is 0. The van der Waals surface area contributed by atoms with Crippen LogP contribution in [0.15, 0.2) is 27.8 Å². The molecule has 0 saturated heterocycles. The summed E-state index contributed by atoms with van der Waals surface area (Å²) in [6, 6.07) is 6.15. The van der Waals surface area contributed by atoms with Crippen molar-refractivity contribution in [2.75, 3.05) is 5.75 Å². The minimum absolute atomic E-state index is 0.0255. The molecule has 1 aliphatic rings. The molecule has 18 heavy (non-hydrogen) atoms. The zero-order valence-electron chi connectivity index (χ0n) is 9.24. The van der Waals surface area contributed by atoms with Crippen molar-refractivity contribution in [1.29, 1.82) is 0 Å². The molecule has 0 saturated carbocycles. The van der Waals surface area contributed by atoms with Gasteiger partial charge in [0.05, 0.1) is 11.4 Å². The van der Waals surface area contributed by atoms with Crippen LogP contribution >= 0.6 is 27.7 Å². The predicted molar refractivity (Wildman–Crippen MR) is 72.9 cm³/mol. The summed E-state index contributed by atoms with van der Waals surface area (Å²) in [4.78, 5) is 18.2. The maximum atomic E-state index is 10.5. The highest BCUT2D eigenvalue weighted by molar-refractivity contribution is 9.10. The largest absolute Gasteiger partial charge is 0.481 e. The van der Waals surface area contributed by atoms with Crippen molar-refractivity contribution in [3.8, 4) is 11.3 Å². The number of carboxylic acid groups (broad SMARTS) is 1. The van der Waals surface area contributed by atoms with Gasteiger partial charge in [-0.15, -0.1) is 0 Å². The van der Waals surface area contributed by atoms with E-state index in [0.29, 0.717) is 5.16 Å². The van der Waals surface area contributed by atoms with Crippen LogP contribution < -0.4 is 0 Å². The molecule has 0 unspecified atom stereocenters. The third-order valence-electron chi connectivity index (χ3n) is 2.78. The van der Waals surface area contributed by atoms with E-state index in [4.69, 9.17) is 5.11 Å². The Kier molecular flexibility index (Phi) is 2.91. The minimum Gasteiger partial charge on any atom is -0.481 e. The molecule has 0 radical (unpaired) electrons. The van der Waals surface area contributed by atoms with Crippen LogP contribution in [0.1, 0.15) is 11.3 Å². The number of aliphatic carboxylic acids is 1. The highest BCUT2D eigenvalue weighted by Gasteiger charge is 2.23. The number of aromatic amines is 1. The van der Waals surface area contributed by atoms with Crippen LogP contribution in [0.25, 0.3) is 11.3 Å². The number of halogens is 1. The van der Waals surface area contributed by atoms with E-state index in [1.54, 1.807) is 0 Å². The summed E-state index contributed by atoms with van der Waals surface area (Å²) in [6.07, 6.45) is 0.832. The second-order valence-corrected chi connectivity index (χ2v) is 5.91. The standard InChI is InChI=1S/C12H9BrN2O2S/c13-7-2-1-6-3-9-11(8(6)4-7)15-12(14-9)18-5-10(16)17/h1-2,4H,3,5H2,(H,14,15)(H,16,17). The Labute approximate surface area is 116 Å². The van der Waals surface area contributed by atoms with Crippen molar-refractivity contribution in [2.45, 2.75) is 11.6 Å². The molecule has 2 N–H and O–H groups in total. The van der Waals surface area contributed by atoms with Crippen LogP contribution in [-0.2, 0) is 11.2 Å². The molecule has 3 rings (SSSR count). The van der Waals surface area contributed by atoms with Crippen molar-refractivity contribution in [3.05, 3.63) is 33.9 Å². The van der Waals surface area contributed by atoms with E-state index < -0.39 is 5.97 Å². The van der Waals surface area contributed by atoms with Gasteiger partial charge < -0.3 is 10.1 Å². The number of nitrogens with one attached hydrogen (secondary N) is 1. The number of thioether (sulfide) groups is 1. The number of carboxylic acids is 1. The van der Waals surface area contributed by atoms with E-state index in [1.807, 2.05) is 12.1 Å². The summed E-state index contributed by atoms with van der Waals surface area (Å²) in [5.41, 5.74) is 4.38. The van der Waals surface area contributed by atoms with E-state index in [0.717, 1.165) is 27.8 Å². The van der Waals surface area contributed by atoms with Crippen LogP contribution in [0.3, 0.4) is 0 Å². The molecule has 0 spiro atoms. The Bertz CT molecular complexity index is 639. The number of benzene rings is 1. The molecule has 1 heterocycles. The molecular weight excluding hydrogens is 316 g/mol. The number of H-pyrrole nitrogens is 1. The van der Waals surface area contributed by atoms with Crippen molar-refractivity contribution >= 4 is 33.7 Å². The molecule has 0 aliphatic heterocycles. The molecule has 6 heteroatoms. The van der Waals surface area contributed by atoms with Crippen molar-refractivity contribution in [3.63, 3.8) is 0 Å². The first-order valence-corrected chi connectivity index (χ1v) is 7.13. The summed E-state index contributed by atoms with van der Waals surface area (Å²) < 4.78 is 1.02. The average Bonchev–Trinajstić information content (AvgIpc) is 2.84. The molecule has 0 fully saturated rings. The van der Waals surface area contributed by atoms with Gasteiger partial charge in [0.1, 0.15) is 0 Å². The molecule has 0 amide bonds. The van der Waals surface area contributed by atoms with Gasteiger partial charge >= 0.3 is 5.97 Å². The Hall–Kier alpha value is -1.27. The van der Waals surface area contributed by atoms with Gasteiger partial charge in [0.15, 0.2) is 5.16 Å². The van der Waals surface area contributed by atoms with Gasteiger partial charge in [0, 0.05) is 22.2 Å². The lowest BCUT2D eigenvalue weighted by atomic mass is 10.1. The fourth-order valence-electron chi connectivity index (χ4n) is 2.05. The Morgan fingerprint density at radius 1 is 1.56 bits per heavy atom. The summed E-state index contributed by atoms with van der Waals surface area (Å²) >= 11 is 4.67. The molecule has 0 atom stereocenters. The van der Waals surface area contributed by atoms with Gasteiger partial charge in [0.2, 0.25) is 0 Å². The second kappa shape index (κ2) is 4.44. The molecule has 2 aromatic rings. The predicted octanol–water partition coefficient (Wildman–Crippen LogP) is 2.92. The van der Waals surface area contributed by atoms with Crippen LogP contribution in [0.5, 0.6) is 0 Å². The molecular formula is C12H9BrN2O2S. The quantitative estimate of drug-likeness (QED) is 0.727. The van der Waals surface area contributed by atoms with Crippen molar-refractivity contribution < 1.29 is 9.90 Å². The van der Waals surface area contributed by atoms with Gasteiger partial charge in [-0.05, 0) is 17.7 Å². The van der Waals surface area contributed by atoms with Gasteiger partial charge in [-0.3, -0.25) is 4.79 Å². The van der Waals surface area contributed by atoms with E-state index in [2.05, 4.69) is 32.0 Å². The number of rotatable bonds is 3. The van der Waals surface area contributed by atoms with Gasteiger partial charge in [-0.2, -0.15) is 0 Å². The minimum atomic E-state index is -0.834. The second-order valence-electron chi connectivity index (χ2n) is 4.03. The number of nitrogens with zero attached hydrogens (tertiary/aromatic N) is 1. The summed E-state index contributed by atoms with van der Waals surface area (Å²) in [5, 5.41) is 9.32. The normalized spacial score (nSPS) is 12.3. The SMILES string of the molecule is O=C(O)CSc1nc2c([nH]1)Cc1ccc(Br)cc1-2. The number of fused-ring (bicyclic) bond motifs is 3. The molecule has 1 aromatic carbocycles. The Morgan fingerprint density at radius 3 is 3.17 bits per heavy atom. The first-order valence-electron chi connectivity index (χ1n) is 5.36. The number of aromatic nitrogens is 2. The third kappa shape index (κ3) is 2.06. The Balaban J connectivity index is 1.92. The van der Waals surface area contributed by atoms with Crippen LogP contribution in [0.2, 0.25) is 0 Å². The summed E-state index contributed by atoms with van der Waals surface area (Å²) in [5.74, 6) is -0.808. The number of imidazole rings is 1. The van der Waals surface area contributed by atoms with E-state index in [9.17, 15) is 4.79 Å². The van der Waals surface area contributed by atoms with E-state index in [-0.39, 0.29) is 5.75 Å². The van der Waals surface area contributed by atoms with Crippen LogP contribution in [-0.4, -0.2) is 26.8 Å². The molecule has 1 aliphatic carbocycles. The van der Waals surface area contributed by atoms with Crippen molar-refractivity contribution in [2.24, 2.45) is 0 Å². The highest BCUT2D eigenvalue weighted by Crippen LogP contribution is 2.37. The van der Waals surface area contributed by atoms with Crippen LogP contribution in [0.4, 0.5) is 0 Å². The average molecular weight is 325 g/mol. The lowest BCUT2D eigenvalue weighted by Gasteiger charge is -1.99. The molecule has 4 nitrogen and oxygen atoms in total. The monoisotopic (exact) mass is 324 g/mol. The lowest BCUT2D eigenvalue weighted by molar-refractivity contribution is -0.133. The Morgan fingerprint density at radius 2 is 2.39 bits per heavy atom. The highest BCUT2D eigenvalue weighted by atomic mass is 79.9. The fourth-order valence-corrected chi connectivity index (χ4v) is 3.02. The van der Waals surface area contributed by atoms with Crippen molar-refractivity contribution in [1.82, 2.24) is 9.97 Å². The number of hydrogen-bond donors (Lipinski definition) is 2. The first kappa shape index (κ1) is 11.8. The van der Waals surface area contributed by atoms with E-state index >= 15 is 0 Å². The number of hydrogen-bond acceptors (Lipinski definition) is 3. The fraction of sp³-hybridized carbons (Fsp3) is 0.167. The van der Waals surface area contributed by atoms with Gasteiger partial charge in [-0.25, -0.2) is 4.98 Å².